The normalized spacial score (nSPS) is 14.3. The van der Waals surface area contributed by atoms with Gasteiger partial charge in [0.15, 0.2) is 0 Å². The number of carbonyl (C=O) groups excluding carboxylic acids is 1. The van der Waals surface area contributed by atoms with Gasteiger partial charge in [-0.1, -0.05) is 6.92 Å². The van der Waals surface area contributed by atoms with Crippen LogP contribution in [0.1, 0.15) is 38.4 Å². The number of hydrogen-bond donors (Lipinski definition) is 3. The second-order valence-corrected chi connectivity index (χ2v) is 5.21. The van der Waals surface area contributed by atoms with Crippen molar-refractivity contribution in [3.05, 3.63) is 11.9 Å². The van der Waals surface area contributed by atoms with E-state index in [1.165, 1.54) is 0 Å². The van der Waals surface area contributed by atoms with Crippen LogP contribution in [-0.2, 0) is 11.2 Å². The number of aryl methyl sites for hydroxylation is 1. The molecule has 0 saturated carbocycles. The number of aromatic nitrogens is 2. The van der Waals surface area contributed by atoms with E-state index in [1.54, 1.807) is 6.07 Å². The van der Waals surface area contributed by atoms with Crippen LogP contribution in [0.15, 0.2) is 6.07 Å². The van der Waals surface area contributed by atoms with Gasteiger partial charge in [0.05, 0.1) is 0 Å². The quantitative estimate of drug-likeness (QED) is 0.515. The van der Waals surface area contributed by atoms with E-state index >= 15 is 0 Å². The van der Waals surface area contributed by atoms with E-state index in [9.17, 15) is 4.79 Å². The summed E-state index contributed by atoms with van der Waals surface area (Å²) in [5.74, 6) is 7.66. The molecule has 1 fully saturated rings. The molecule has 0 bridgehead atoms. The number of nitrogen functional groups attached to an aromatic ring is 1. The fraction of sp³-hybridized carbons (Fsp3) is 0.643. The molecule has 0 aromatic carbocycles. The van der Waals surface area contributed by atoms with E-state index < -0.39 is 0 Å². The molecular formula is C14H24N6O. The van der Waals surface area contributed by atoms with Crippen molar-refractivity contribution in [1.29, 1.82) is 0 Å². The van der Waals surface area contributed by atoms with Crippen molar-refractivity contribution in [2.75, 3.05) is 30.4 Å². The molecule has 7 heteroatoms. The van der Waals surface area contributed by atoms with E-state index in [2.05, 4.69) is 27.6 Å². The van der Waals surface area contributed by atoms with Crippen molar-refractivity contribution in [3.63, 3.8) is 0 Å². The molecule has 1 saturated heterocycles. The van der Waals surface area contributed by atoms with Gasteiger partial charge in [0, 0.05) is 38.5 Å². The summed E-state index contributed by atoms with van der Waals surface area (Å²) in [6.07, 6.45) is 4.50. The van der Waals surface area contributed by atoms with Gasteiger partial charge in [-0.15, -0.1) is 0 Å². The lowest BCUT2D eigenvalue weighted by atomic mass is 10.3. The van der Waals surface area contributed by atoms with Crippen molar-refractivity contribution in [1.82, 2.24) is 14.9 Å². The third-order valence-electron chi connectivity index (χ3n) is 3.50. The fourth-order valence-corrected chi connectivity index (χ4v) is 2.42. The minimum atomic E-state index is 0.208. The number of nitrogens with two attached hydrogens (primary N) is 1. The molecule has 0 spiro atoms. The van der Waals surface area contributed by atoms with Gasteiger partial charge in [-0.05, 0) is 19.3 Å². The Bertz CT molecular complexity index is 473. The first-order chi connectivity index (χ1) is 10.2. The molecule has 2 heterocycles. The van der Waals surface area contributed by atoms with Crippen molar-refractivity contribution in [2.24, 2.45) is 5.84 Å². The van der Waals surface area contributed by atoms with Gasteiger partial charge in [0.1, 0.15) is 17.5 Å². The van der Waals surface area contributed by atoms with Crippen LogP contribution >= 0.6 is 0 Å². The van der Waals surface area contributed by atoms with Crippen LogP contribution in [0.5, 0.6) is 0 Å². The molecule has 1 aromatic heterocycles. The first-order valence-electron chi connectivity index (χ1n) is 7.59. The van der Waals surface area contributed by atoms with Gasteiger partial charge in [-0.25, -0.2) is 15.8 Å². The Labute approximate surface area is 125 Å². The minimum Gasteiger partial charge on any atom is -0.369 e. The Hall–Kier alpha value is -1.89. The molecule has 0 radical (unpaired) electrons. The summed E-state index contributed by atoms with van der Waals surface area (Å²) < 4.78 is 0. The maximum absolute atomic E-state index is 11.9. The standard InChI is InChI=1S/C14H24N6O/c1-2-5-11-17-12(10-13(18-11)19-15)16-7-6-14(21)20-8-3-4-9-20/h10H,2-9,15H2,1H3,(H2,16,17,18,19). The van der Waals surface area contributed by atoms with Crippen LogP contribution in [0.3, 0.4) is 0 Å². The van der Waals surface area contributed by atoms with E-state index in [4.69, 9.17) is 5.84 Å². The molecule has 2 rings (SSSR count). The number of likely N-dealkylation sites (tertiary alicyclic amines) is 1. The Morgan fingerprint density at radius 1 is 1.33 bits per heavy atom. The summed E-state index contributed by atoms with van der Waals surface area (Å²) in [7, 11) is 0. The largest absolute Gasteiger partial charge is 0.369 e. The molecule has 1 aliphatic rings. The zero-order valence-corrected chi connectivity index (χ0v) is 12.6. The van der Waals surface area contributed by atoms with E-state index in [-0.39, 0.29) is 5.91 Å². The van der Waals surface area contributed by atoms with Crippen molar-refractivity contribution in [2.45, 2.75) is 39.0 Å². The molecular weight excluding hydrogens is 268 g/mol. The molecule has 1 aliphatic heterocycles. The first-order valence-corrected chi connectivity index (χ1v) is 7.59. The number of hydrazine groups is 1. The smallest absolute Gasteiger partial charge is 0.224 e. The summed E-state index contributed by atoms with van der Waals surface area (Å²) >= 11 is 0. The van der Waals surface area contributed by atoms with Crippen LogP contribution in [0.2, 0.25) is 0 Å². The van der Waals surface area contributed by atoms with Crippen LogP contribution in [0.4, 0.5) is 11.6 Å². The molecule has 0 atom stereocenters. The monoisotopic (exact) mass is 292 g/mol. The third-order valence-corrected chi connectivity index (χ3v) is 3.50. The lowest BCUT2D eigenvalue weighted by Crippen LogP contribution is -2.29. The number of amides is 1. The number of carbonyl (C=O) groups is 1. The molecule has 116 valence electrons. The third kappa shape index (κ3) is 4.56. The predicted octanol–water partition coefficient (Wildman–Crippen LogP) is 1.14. The SMILES string of the molecule is CCCc1nc(NN)cc(NCCC(=O)N2CCCC2)n1. The number of rotatable bonds is 7. The molecule has 0 unspecified atom stereocenters. The first kappa shape index (κ1) is 15.5. The molecule has 21 heavy (non-hydrogen) atoms. The maximum atomic E-state index is 11.9. The summed E-state index contributed by atoms with van der Waals surface area (Å²) in [6.45, 7) is 4.44. The summed E-state index contributed by atoms with van der Waals surface area (Å²) in [5, 5.41) is 3.18. The van der Waals surface area contributed by atoms with Gasteiger partial charge in [0.2, 0.25) is 5.91 Å². The maximum Gasteiger partial charge on any atom is 0.224 e. The predicted molar refractivity (Wildman–Crippen MR) is 82.8 cm³/mol. The zero-order chi connectivity index (χ0) is 15.1. The summed E-state index contributed by atoms with van der Waals surface area (Å²) in [4.78, 5) is 22.6. The van der Waals surface area contributed by atoms with E-state index in [0.29, 0.717) is 24.6 Å². The van der Waals surface area contributed by atoms with E-state index in [1.807, 2.05) is 4.90 Å². The Morgan fingerprint density at radius 3 is 2.71 bits per heavy atom. The molecule has 1 amide bonds. The average Bonchev–Trinajstić information content (AvgIpc) is 3.01. The van der Waals surface area contributed by atoms with Gasteiger partial charge >= 0.3 is 0 Å². The molecule has 0 aliphatic carbocycles. The van der Waals surface area contributed by atoms with Gasteiger partial charge < -0.3 is 15.6 Å². The second-order valence-electron chi connectivity index (χ2n) is 5.21. The highest BCUT2D eigenvalue weighted by Gasteiger charge is 2.17. The van der Waals surface area contributed by atoms with Crippen LogP contribution in [-0.4, -0.2) is 40.4 Å². The highest BCUT2D eigenvalue weighted by molar-refractivity contribution is 5.76. The number of anilines is 2. The molecule has 4 N–H and O–H groups in total. The highest BCUT2D eigenvalue weighted by Crippen LogP contribution is 2.12. The van der Waals surface area contributed by atoms with Crippen molar-refractivity contribution < 1.29 is 4.79 Å². The van der Waals surface area contributed by atoms with Gasteiger partial charge in [0.25, 0.3) is 0 Å². The van der Waals surface area contributed by atoms with Crippen molar-refractivity contribution in [3.8, 4) is 0 Å². The number of nitrogens with zero attached hydrogens (tertiary/aromatic N) is 3. The topological polar surface area (TPSA) is 96.2 Å². The lowest BCUT2D eigenvalue weighted by Gasteiger charge is -2.15. The van der Waals surface area contributed by atoms with Crippen molar-refractivity contribution >= 4 is 17.5 Å². The van der Waals surface area contributed by atoms with Crippen LogP contribution in [0, 0.1) is 0 Å². The van der Waals surface area contributed by atoms with Gasteiger partial charge in [-0.2, -0.15) is 0 Å². The summed E-state index contributed by atoms with van der Waals surface area (Å²) in [6, 6.07) is 1.75. The lowest BCUT2D eigenvalue weighted by molar-refractivity contribution is -0.129. The van der Waals surface area contributed by atoms with Crippen LogP contribution in [0.25, 0.3) is 0 Å². The van der Waals surface area contributed by atoms with E-state index in [0.717, 1.165) is 44.6 Å². The Kier molecular flexibility index (Phi) is 5.74. The molecule has 1 aromatic rings. The Balaban J connectivity index is 1.86. The molecule has 7 nitrogen and oxygen atoms in total. The Morgan fingerprint density at radius 2 is 2.05 bits per heavy atom. The number of nitrogens with one attached hydrogen (secondary N) is 2. The van der Waals surface area contributed by atoms with Crippen LogP contribution < -0.4 is 16.6 Å². The zero-order valence-electron chi connectivity index (χ0n) is 12.6. The number of hydrogen-bond acceptors (Lipinski definition) is 6. The fourth-order valence-electron chi connectivity index (χ4n) is 2.42. The highest BCUT2D eigenvalue weighted by atomic mass is 16.2. The average molecular weight is 292 g/mol. The van der Waals surface area contributed by atoms with Gasteiger partial charge in [-0.3, -0.25) is 4.79 Å². The summed E-state index contributed by atoms with van der Waals surface area (Å²) in [5.41, 5.74) is 2.54. The second kappa shape index (κ2) is 7.78. The minimum absolute atomic E-state index is 0.208.